The topological polar surface area (TPSA) is 46.6 Å². The third kappa shape index (κ3) is 5.45. The smallest absolute Gasteiger partial charge is 0.236 e. The van der Waals surface area contributed by atoms with Gasteiger partial charge in [-0.15, -0.1) is 0 Å². The van der Waals surface area contributed by atoms with Gasteiger partial charge < -0.3 is 4.74 Å². The summed E-state index contributed by atoms with van der Waals surface area (Å²) >= 11 is 6.51. The van der Waals surface area contributed by atoms with E-state index in [-0.39, 0.29) is 6.10 Å². The van der Waals surface area contributed by atoms with Crippen LogP contribution < -0.4 is 9.04 Å². The Balaban J connectivity index is 2.15. The van der Waals surface area contributed by atoms with Crippen LogP contribution in [-0.2, 0) is 15.4 Å². The Morgan fingerprint density at radius 2 is 1.53 bits per heavy atom. The van der Waals surface area contributed by atoms with Crippen LogP contribution in [-0.4, -0.2) is 20.8 Å². The van der Waals surface area contributed by atoms with Gasteiger partial charge in [0.25, 0.3) is 0 Å². The number of anilines is 2. The summed E-state index contributed by atoms with van der Waals surface area (Å²) in [5.74, 6) is 0.812. The second kappa shape index (κ2) is 9.16. The van der Waals surface area contributed by atoms with E-state index in [0.717, 1.165) is 22.4 Å². The molecule has 3 rings (SSSR count). The molecule has 4 nitrogen and oxygen atoms in total. The molecule has 0 fully saturated rings. The standard InChI is InChI=1S/C26H30ClNO3S/c1-18(2)31-25-13-19(3)12-20(16-25)26(4,5)21-14-22(27)17-24(15-21)28(32(6,29)30)23-10-8-7-9-11-23/h7-18H,1-6H3. The molecule has 170 valence electrons. The number of sulfonamides is 1. The van der Waals surface area contributed by atoms with E-state index in [9.17, 15) is 8.42 Å². The molecule has 0 saturated heterocycles. The molecule has 0 unspecified atom stereocenters. The van der Waals surface area contributed by atoms with Gasteiger partial charge in [0, 0.05) is 10.4 Å². The summed E-state index contributed by atoms with van der Waals surface area (Å²) in [6, 6.07) is 20.7. The van der Waals surface area contributed by atoms with Crippen molar-refractivity contribution in [3.63, 3.8) is 0 Å². The molecule has 0 bridgehead atoms. The summed E-state index contributed by atoms with van der Waals surface area (Å²) in [4.78, 5) is 0. The van der Waals surface area contributed by atoms with Crippen molar-refractivity contribution >= 4 is 33.0 Å². The Labute approximate surface area is 196 Å². The molecule has 0 heterocycles. The van der Waals surface area contributed by atoms with Crippen LogP contribution in [0.25, 0.3) is 0 Å². The Hall–Kier alpha value is -2.50. The number of hydrogen-bond donors (Lipinski definition) is 0. The Bertz CT molecular complexity index is 1200. The van der Waals surface area contributed by atoms with Crippen molar-refractivity contribution in [2.45, 2.75) is 46.1 Å². The fourth-order valence-electron chi connectivity index (χ4n) is 3.76. The first-order chi connectivity index (χ1) is 14.9. The van der Waals surface area contributed by atoms with Gasteiger partial charge in [0.15, 0.2) is 0 Å². The molecule has 0 spiro atoms. The number of ether oxygens (including phenoxy) is 1. The lowest BCUT2D eigenvalue weighted by molar-refractivity contribution is 0.242. The molecule has 3 aromatic carbocycles. The number of nitrogens with zero attached hydrogens (tertiary/aromatic N) is 1. The summed E-state index contributed by atoms with van der Waals surface area (Å²) in [5, 5.41) is 0.474. The van der Waals surface area contributed by atoms with E-state index in [0.29, 0.717) is 16.4 Å². The fourth-order valence-corrected chi connectivity index (χ4v) is 4.99. The summed E-state index contributed by atoms with van der Waals surface area (Å²) < 4.78 is 32.7. The predicted molar refractivity (Wildman–Crippen MR) is 134 cm³/mol. The van der Waals surface area contributed by atoms with Crippen molar-refractivity contribution in [2.75, 3.05) is 10.6 Å². The van der Waals surface area contributed by atoms with Gasteiger partial charge in [0.2, 0.25) is 10.0 Å². The van der Waals surface area contributed by atoms with E-state index in [4.69, 9.17) is 16.3 Å². The molecule has 0 aliphatic carbocycles. The summed E-state index contributed by atoms with van der Waals surface area (Å²) in [5.41, 5.74) is 3.68. The second-order valence-corrected chi connectivity index (χ2v) is 11.2. The van der Waals surface area contributed by atoms with Crippen LogP contribution in [0.15, 0.2) is 66.7 Å². The predicted octanol–water partition coefficient (Wildman–Crippen LogP) is 6.86. The van der Waals surface area contributed by atoms with Crippen molar-refractivity contribution in [3.8, 4) is 5.75 Å². The molecular weight excluding hydrogens is 442 g/mol. The molecule has 0 radical (unpaired) electrons. The zero-order chi connectivity index (χ0) is 23.7. The van der Waals surface area contributed by atoms with Crippen LogP contribution in [0, 0.1) is 6.92 Å². The lowest BCUT2D eigenvalue weighted by Crippen LogP contribution is -2.26. The number of benzene rings is 3. The quantitative estimate of drug-likeness (QED) is 0.378. The summed E-state index contributed by atoms with van der Waals surface area (Å²) in [7, 11) is -3.59. The first-order valence-electron chi connectivity index (χ1n) is 10.5. The van der Waals surface area contributed by atoms with Gasteiger partial charge in [-0.1, -0.05) is 49.7 Å². The minimum Gasteiger partial charge on any atom is -0.491 e. The van der Waals surface area contributed by atoms with E-state index in [2.05, 4.69) is 19.9 Å². The Kier molecular flexibility index (Phi) is 6.91. The Morgan fingerprint density at radius 1 is 0.906 bits per heavy atom. The molecule has 0 N–H and O–H groups in total. The number of halogens is 1. The molecule has 0 amide bonds. The largest absolute Gasteiger partial charge is 0.491 e. The first kappa shape index (κ1) is 24.1. The van der Waals surface area contributed by atoms with Gasteiger partial charge in [-0.25, -0.2) is 12.7 Å². The summed E-state index contributed by atoms with van der Waals surface area (Å²) in [6.07, 6.45) is 1.27. The highest BCUT2D eigenvalue weighted by Crippen LogP contribution is 2.39. The van der Waals surface area contributed by atoms with Crippen molar-refractivity contribution < 1.29 is 13.2 Å². The van der Waals surface area contributed by atoms with Gasteiger partial charge in [-0.3, -0.25) is 0 Å². The SMILES string of the molecule is Cc1cc(OC(C)C)cc(C(C)(C)c2cc(Cl)cc(N(c3ccccc3)S(C)(=O)=O)c2)c1. The van der Waals surface area contributed by atoms with Gasteiger partial charge in [-0.05, 0) is 79.9 Å². The molecule has 6 heteroatoms. The second-order valence-electron chi connectivity index (χ2n) is 8.89. The number of aryl methyl sites for hydroxylation is 1. The molecule has 3 aromatic rings. The molecule has 0 aliphatic rings. The minimum absolute atomic E-state index is 0.0692. The fraction of sp³-hybridized carbons (Fsp3) is 0.308. The van der Waals surface area contributed by atoms with Crippen LogP contribution in [0.1, 0.15) is 44.4 Å². The number of rotatable bonds is 7. The molecule has 0 aromatic heterocycles. The van der Waals surface area contributed by atoms with E-state index >= 15 is 0 Å². The van der Waals surface area contributed by atoms with E-state index in [1.54, 1.807) is 18.2 Å². The lowest BCUT2D eigenvalue weighted by atomic mass is 9.77. The maximum atomic E-state index is 12.7. The van der Waals surface area contributed by atoms with Gasteiger partial charge in [0.1, 0.15) is 5.75 Å². The van der Waals surface area contributed by atoms with Gasteiger partial charge >= 0.3 is 0 Å². The van der Waals surface area contributed by atoms with E-state index in [1.165, 1.54) is 10.6 Å². The van der Waals surface area contributed by atoms with Crippen molar-refractivity contribution in [2.24, 2.45) is 0 Å². The zero-order valence-corrected chi connectivity index (χ0v) is 21.0. The van der Waals surface area contributed by atoms with E-state index < -0.39 is 15.4 Å². The van der Waals surface area contributed by atoms with Gasteiger partial charge in [-0.2, -0.15) is 0 Å². The van der Waals surface area contributed by atoms with Crippen molar-refractivity contribution in [1.29, 1.82) is 0 Å². The van der Waals surface area contributed by atoms with Crippen LogP contribution in [0.5, 0.6) is 5.75 Å². The van der Waals surface area contributed by atoms with Gasteiger partial charge in [0.05, 0.1) is 23.7 Å². The highest BCUT2D eigenvalue weighted by molar-refractivity contribution is 7.92. The van der Waals surface area contributed by atoms with Crippen LogP contribution >= 0.6 is 11.6 Å². The molecular formula is C26H30ClNO3S. The molecule has 0 saturated carbocycles. The monoisotopic (exact) mass is 471 g/mol. The first-order valence-corrected chi connectivity index (χ1v) is 12.8. The van der Waals surface area contributed by atoms with Crippen LogP contribution in [0.3, 0.4) is 0 Å². The van der Waals surface area contributed by atoms with Crippen LogP contribution in [0.2, 0.25) is 5.02 Å². The minimum atomic E-state index is -3.59. The normalized spacial score (nSPS) is 12.1. The van der Waals surface area contributed by atoms with Crippen LogP contribution in [0.4, 0.5) is 11.4 Å². The van der Waals surface area contributed by atoms with E-state index in [1.807, 2.05) is 63.2 Å². The highest BCUT2D eigenvalue weighted by Gasteiger charge is 2.28. The number of para-hydroxylation sites is 1. The zero-order valence-electron chi connectivity index (χ0n) is 19.4. The molecule has 0 atom stereocenters. The average Bonchev–Trinajstić information content (AvgIpc) is 2.66. The lowest BCUT2D eigenvalue weighted by Gasteiger charge is -2.30. The maximum Gasteiger partial charge on any atom is 0.236 e. The number of hydrogen-bond acceptors (Lipinski definition) is 3. The highest BCUT2D eigenvalue weighted by atomic mass is 35.5. The third-order valence-corrected chi connectivity index (χ3v) is 6.61. The Morgan fingerprint density at radius 3 is 2.12 bits per heavy atom. The molecule has 32 heavy (non-hydrogen) atoms. The van der Waals surface area contributed by atoms with Crippen molar-refractivity contribution in [1.82, 2.24) is 0 Å². The van der Waals surface area contributed by atoms with Crippen molar-refractivity contribution in [3.05, 3.63) is 88.4 Å². The third-order valence-electron chi connectivity index (χ3n) is 5.31. The summed E-state index contributed by atoms with van der Waals surface area (Å²) in [6.45, 7) is 10.2. The maximum absolute atomic E-state index is 12.7. The molecule has 0 aliphatic heterocycles. The average molecular weight is 472 g/mol.